The number of nitrogens with one attached hydrogen (secondary N) is 4. The zero-order valence-corrected chi connectivity index (χ0v) is 24.8. The minimum absolute atomic E-state index is 0.123. The minimum Gasteiger partial charge on any atom is -0.465 e. The number of carboxylic acid groups (broad SMARTS) is 1. The zero-order valence-electron chi connectivity index (χ0n) is 24.0. The molecule has 0 unspecified atom stereocenters. The number of rotatable bonds is 8. The van der Waals surface area contributed by atoms with Crippen molar-refractivity contribution in [1.29, 1.82) is 5.41 Å². The number of carbonyl (C=O) groups is 4. The van der Waals surface area contributed by atoms with Crippen LogP contribution in [0.25, 0.3) is 11.1 Å². The fourth-order valence-corrected chi connectivity index (χ4v) is 7.35. The van der Waals surface area contributed by atoms with Crippen molar-refractivity contribution in [1.82, 2.24) is 20.9 Å². The number of fused-ring (bicyclic) bond motifs is 4. The van der Waals surface area contributed by atoms with Crippen molar-refractivity contribution >= 4 is 41.0 Å². The van der Waals surface area contributed by atoms with E-state index >= 15 is 0 Å². The van der Waals surface area contributed by atoms with Crippen LogP contribution in [0.5, 0.6) is 0 Å². The molecule has 1 saturated heterocycles. The van der Waals surface area contributed by atoms with E-state index in [-0.39, 0.29) is 39.5 Å². The summed E-state index contributed by atoms with van der Waals surface area (Å²) in [4.78, 5) is 53.0. The Balaban J connectivity index is 1.12. The van der Waals surface area contributed by atoms with Crippen LogP contribution in [0.3, 0.4) is 0 Å². The van der Waals surface area contributed by atoms with Gasteiger partial charge in [0.1, 0.15) is 11.9 Å². The molecule has 2 heterocycles. The average molecular weight is 637 g/mol. The summed E-state index contributed by atoms with van der Waals surface area (Å²) in [5.41, 5.74) is 6.45. The first-order valence-electron chi connectivity index (χ1n) is 14.3. The predicted octanol–water partition coefficient (Wildman–Crippen LogP) is 3.39. The fraction of sp³-hybridized carbons (Fsp3) is 0.323. The van der Waals surface area contributed by atoms with Crippen LogP contribution in [0.1, 0.15) is 57.7 Å². The first kappa shape index (κ1) is 30.3. The molecule has 6 rings (SSSR count). The number of alkyl halides is 2. The summed E-state index contributed by atoms with van der Waals surface area (Å²) in [7, 11) is 0. The predicted molar refractivity (Wildman–Crippen MR) is 161 cm³/mol. The van der Waals surface area contributed by atoms with Gasteiger partial charge in [0.05, 0.1) is 12.6 Å². The van der Waals surface area contributed by atoms with E-state index in [1.54, 1.807) is 30.5 Å². The van der Waals surface area contributed by atoms with Gasteiger partial charge in [0.2, 0.25) is 11.8 Å². The Morgan fingerprint density at radius 1 is 1.09 bits per heavy atom. The molecule has 0 bridgehead atoms. The molecule has 7 N–H and O–H groups in total. The third-order valence-electron chi connectivity index (χ3n) is 8.92. The van der Waals surface area contributed by atoms with Crippen molar-refractivity contribution in [3.63, 3.8) is 0 Å². The maximum Gasteiger partial charge on any atom is 0.410 e. The summed E-state index contributed by atoms with van der Waals surface area (Å²) in [5, 5.41) is 25.8. The van der Waals surface area contributed by atoms with E-state index < -0.39 is 48.4 Å². The van der Waals surface area contributed by atoms with Crippen LogP contribution < -0.4 is 21.7 Å². The molecular formula is C31H30F2N6O5S. The van der Waals surface area contributed by atoms with Gasteiger partial charge in [0.15, 0.2) is 0 Å². The third-order valence-corrected chi connectivity index (χ3v) is 10.0. The second kappa shape index (κ2) is 11.0. The van der Waals surface area contributed by atoms with Crippen molar-refractivity contribution in [2.24, 2.45) is 11.1 Å². The van der Waals surface area contributed by atoms with Crippen LogP contribution in [-0.4, -0.2) is 64.8 Å². The zero-order chi connectivity index (χ0) is 32.3. The van der Waals surface area contributed by atoms with Crippen LogP contribution in [0, 0.1) is 10.8 Å². The van der Waals surface area contributed by atoms with Crippen molar-refractivity contribution in [3.8, 4) is 11.1 Å². The molecule has 234 valence electrons. The first-order valence-corrected chi connectivity index (χ1v) is 15.1. The molecule has 14 heteroatoms. The summed E-state index contributed by atoms with van der Waals surface area (Å²) in [6, 6.07) is 10.1. The number of benzene rings is 2. The molecule has 2 aliphatic carbocycles. The Labute approximate surface area is 260 Å². The van der Waals surface area contributed by atoms with Crippen molar-refractivity contribution < 1.29 is 33.1 Å². The lowest BCUT2D eigenvalue weighted by atomic mass is 9.99. The number of thiophene rings is 1. The largest absolute Gasteiger partial charge is 0.465 e. The molecule has 2 fully saturated rings. The van der Waals surface area contributed by atoms with Crippen molar-refractivity contribution in [2.75, 3.05) is 13.1 Å². The highest BCUT2D eigenvalue weighted by Gasteiger charge is 2.66. The summed E-state index contributed by atoms with van der Waals surface area (Å²) < 4.78 is 29.8. The van der Waals surface area contributed by atoms with Crippen LogP contribution in [-0.2, 0) is 15.5 Å². The van der Waals surface area contributed by atoms with Crippen molar-refractivity contribution in [3.05, 3.63) is 81.0 Å². The number of piperidine rings is 1. The van der Waals surface area contributed by atoms with E-state index in [2.05, 4.69) is 10.6 Å². The highest BCUT2D eigenvalue weighted by Crippen LogP contribution is 2.59. The fourth-order valence-electron chi connectivity index (χ4n) is 6.45. The second-order valence-electron chi connectivity index (χ2n) is 11.6. The van der Waals surface area contributed by atoms with Gasteiger partial charge in [0, 0.05) is 50.5 Å². The van der Waals surface area contributed by atoms with E-state index in [1.165, 1.54) is 46.6 Å². The van der Waals surface area contributed by atoms with Gasteiger partial charge >= 0.3 is 6.09 Å². The van der Waals surface area contributed by atoms with Crippen molar-refractivity contribution in [2.45, 2.75) is 43.8 Å². The maximum absolute atomic E-state index is 14.9. The lowest BCUT2D eigenvalue weighted by Crippen LogP contribution is -2.51. The third kappa shape index (κ3) is 5.23. The summed E-state index contributed by atoms with van der Waals surface area (Å²) >= 11 is 1.25. The smallest absolute Gasteiger partial charge is 0.410 e. The van der Waals surface area contributed by atoms with Gasteiger partial charge in [-0.25, -0.2) is 4.79 Å². The second-order valence-corrected chi connectivity index (χ2v) is 12.6. The lowest BCUT2D eigenvalue weighted by Gasteiger charge is -2.28. The van der Waals surface area contributed by atoms with Gasteiger partial charge < -0.3 is 26.4 Å². The Morgan fingerprint density at radius 2 is 1.82 bits per heavy atom. The molecule has 1 aliphatic heterocycles. The molecule has 4 atom stereocenters. The number of hydrogen-bond donors (Lipinski definition) is 6. The van der Waals surface area contributed by atoms with Gasteiger partial charge in [-0.1, -0.05) is 30.3 Å². The van der Waals surface area contributed by atoms with Crippen LogP contribution >= 0.6 is 11.3 Å². The Hall–Kier alpha value is -4.69. The Kier molecular flexibility index (Phi) is 7.44. The first-order chi connectivity index (χ1) is 21.4. The van der Waals surface area contributed by atoms with E-state index in [9.17, 15) is 28.0 Å². The van der Waals surface area contributed by atoms with E-state index in [4.69, 9.17) is 16.2 Å². The number of likely N-dealkylation sites (tertiary alicyclic amines) is 1. The Bertz CT molecular complexity index is 1760. The van der Waals surface area contributed by atoms with Crippen LogP contribution in [0.15, 0.2) is 53.9 Å². The average Bonchev–Trinajstić information content (AvgIpc) is 3.30. The molecule has 0 spiro atoms. The molecule has 45 heavy (non-hydrogen) atoms. The van der Waals surface area contributed by atoms with Gasteiger partial charge in [-0.3, -0.25) is 25.1 Å². The maximum atomic E-state index is 14.9. The molecule has 1 aromatic heterocycles. The van der Waals surface area contributed by atoms with Gasteiger partial charge in [-0.05, 0) is 49.1 Å². The summed E-state index contributed by atoms with van der Waals surface area (Å²) in [6.07, 6.45) is -0.340. The number of nitrogens with two attached hydrogens (primary N) is 1. The molecule has 2 aromatic carbocycles. The SMILES string of the molecule is C[C@@H](NC(=O)[C@@H]1C[C@]2(CN)C[C@@H]2N1C(=O)CNC(=O)c1ccc2c(c1)-c1ccccc1C2(F)F)c1cc(C(=N)NC(=O)O)cs1. The quantitative estimate of drug-likeness (QED) is 0.163. The van der Waals surface area contributed by atoms with E-state index in [0.29, 0.717) is 35.4 Å². The minimum atomic E-state index is -3.17. The highest BCUT2D eigenvalue weighted by atomic mass is 32.1. The molecular weight excluding hydrogens is 606 g/mol. The van der Waals surface area contributed by atoms with E-state index in [1.807, 2.05) is 5.32 Å². The molecule has 0 radical (unpaired) electrons. The number of amides is 4. The summed E-state index contributed by atoms with van der Waals surface area (Å²) in [5.74, 6) is -4.92. The normalized spacial score (nSPS) is 22.4. The molecule has 3 aromatic rings. The monoisotopic (exact) mass is 636 g/mol. The van der Waals surface area contributed by atoms with E-state index in [0.717, 1.165) is 0 Å². The van der Waals surface area contributed by atoms with Gasteiger partial charge in [-0.2, -0.15) is 8.78 Å². The van der Waals surface area contributed by atoms with Gasteiger partial charge in [0.25, 0.3) is 11.8 Å². The van der Waals surface area contributed by atoms with Crippen LogP contribution in [0.4, 0.5) is 13.6 Å². The number of hydrogen-bond acceptors (Lipinski definition) is 7. The summed E-state index contributed by atoms with van der Waals surface area (Å²) in [6.45, 7) is 1.64. The molecule has 1 saturated carbocycles. The number of halogens is 2. The van der Waals surface area contributed by atoms with Gasteiger partial charge in [-0.15, -0.1) is 11.3 Å². The standard InChI is InChI=1S/C31H30F2N6O5S/c1-15(23-9-17(13-45-23)26(35)38-29(43)44)37-28(42)22-10-30(14-34)11-24(30)39(22)25(40)12-36-27(41)16-6-7-21-19(8-16)18-4-2-3-5-20(18)31(21,32)33/h2-9,13,15,22,24H,10-12,14,34H2,1H3,(H2,35,38)(H,36,41)(H,37,42)(H,43,44)/t15-,22+,24+,30-/m1/s1. The number of nitrogens with zero attached hydrogens (tertiary/aromatic N) is 1. The number of amidine groups is 1. The topological polar surface area (TPSA) is 178 Å². The lowest BCUT2D eigenvalue weighted by molar-refractivity contribution is -0.139. The molecule has 4 amide bonds. The van der Waals surface area contributed by atoms with Crippen LogP contribution in [0.2, 0.25) is 0 Å². The molecule has 11 nitrogen and oxygen atoms in total. The Morgan fingerprint density at radius 3 is 2.56 bits per heavy atom. The number of carbonyl (C=O) groups excluding carboxylic acids is 3. The molecule has 3 aliphatic rings. The highest BCUT2D eigenvalue weighted by molar-refractivity contribution is 7.10.